The summed E-state index contributed by atoms with van der Waals surface area (Å²) in [4.78, 5) is 0.889. The van der Waals surface area contributed by atoms with Gasteiger partial charge in [0.2, 0.25) is 0 Å². The molecule has 6 nitrogen and oxygen atoms in total. The van der Waals surface area contributed by atoms with E-state index in [2.05, 4.69) is 19.9 Å². The SMILES string of the molecule is Cn1cc(C(N)c2cnns2)nn1. The molecule has 7 heteroatoms. The second-order valence-electron chi connectivity index (χ2n) is 2.61. The van der Waals surface area contributed by atoms with Crippen LogP contribution in [0.15, 0.2) is 12.4 Å². The zero-order valence-electron chi connectivity index (χ0n) is 6.95. The van der Waals surface area contributed by atoms with Crippen molar-refractivity contribution in [2.75, 3.05) is 0 Å². The standard InChI is InChI=1S/C6H8N6S/c1-12-3-4(9-10-12)6(7)5-2-8-11-13-5/h2-3,6H,7H2,1H3. The Kier molecular flexibility index (Phi) is 2.03. The summed E-state index contributed by atoms with van der Waals surface area (Å²) >= 11 is 1.27. The van der Waals surface area contributed by atoms with E-state index in [0.29, 0.717) is 0 Å². The van der Waals surface area contributed by atoms with Crippen molar-refractivity contribution in [2.45, 2.75) is 6.04 Å². The second-order valence-corrected chi connectivity index (χ2v) is 3.43. The van der Waals surface area contributed by atoms with Gasteiger partial charge in [0.25, 0.3) is 0 Å². The topological polar surface area (TPSA) is 82.5 Å². The van der Waals surface area contributed by atoms with Crippen molar-refractivity contribution in [3.05, 3.63) is 23.0 Å². The van der Waals surface area contributed by atoms with Crippen molar-refractivity contribution in [2.24, 2.45) is 12.8 Å². The Morgan fingerprint density at radius 1 is 1.62 bits per heavy atom. The third-order valence-electron chi connectivity index (χ3n) is 1.62. The van der Waals surface area contributed by atoms with E-state index in [9.17, 15) is 0 Å². The zero-order chi connectivity index (χ0) is 9.26. The molecule has 0 radical (unpaired) electrons. The van der Waals surface area contributed by atoms with Crippen LogP contribution in [0.25, 0.3) is 0 Å². The van der Waals surface area contributed by atoms with Gasteiger partial charge in [-0.15, -0.1) is 10.2 Å². The molecule has 2 N–H and O–H groups in total. The van der Waals surface area contributed by atoms with Crippen LogP contribution in [0.5, 0.6) is 0 Å². The van der Waals surface area contributed by atoms with Crippen LogP contribution in [0.3, 0.4) is 0 Å². The first-order valence-corrected chi connectivity index (χ1v) is 4.44. The lowest BCUT2D eigenvalue weighted by atomic mass is 10.2. The molecule has 0 saturated heterocycles. The minimum atomic E-state index is -0.270. The van der Waals surface area contributed by atoms with E-state index in [0.717, 1.165) is 10.6 Å². The Morgan fingerprint density at radius 2 is 2.46 bits per heavy atom. The molecule has 0 aliphatic rings. The van der Waals surface area contributed by atoms with Crippen LogP contribution in [0.2, 0.25) is 0 Å². The lowest BCUT2D eigenvalue weighted by Gasteiger charge is -2.01. The molecule has 0 amide bonds. The Morgan fingerprint density at radius 3 is 3.00 bits per heavy atom. The molecule has 0 bridgehead atoms. The monoisotopic (exact) mass is 196 g/mol. The molecule has 13 heavy (non-hydrogen) atoms. The highest BCUT2D eigenvalue weighted by Gasteiger charge is 2.14. The van der Waals surface area contributed by atoms with Gasteiger partial charge in [-0.1, -0.05) is 9.70 Å². The number of nitrogens with two attached hydrogens (primary N) is 1. The fourth-order valence-electron chi connectivity index (χ4n) is 0.965. The summed E-state index contributed by atoms with van der Waals surface area (Å²) in [5.74, 6) is 0. The summed E-state index contributed by atoms with van der Waals surface area (Å²) < 4.78 is 5.35. The van der Waals surface area contributed by atoms with Gasteiger partial charge in [0, 0.05) is 7.05 Å². The summed E-state index contributed by atoms with van der Waals surface area (Å²) in [5, 5.41) is 11.4. The maximum absolute atomic E-state index is 5.89. The summed E-state index contributed by atoms with van der Waals surface area (Å²) in [6.45, 7) is 0. The third-order valence-corrected chi connectivity index (χ3v) is 2.37. The van der Waals surface area contributed by atoms with Gasteiger partial charge >= 0.3 is 0 Å². The summed E-state index contributed by atoms with van der Waals surface area (Å²) in [6.07, 6.45) is 3.42. The first-order chi connectivity index (χ1) is 6.27. The van der Waals surface area contributed by atoms with Crippen molar-refractivity contribution in [3.8, 4) is 0 Å². The van der Waals surface area contributed by atoms with Gasteiger partial charge in [-0.25, -0.2) is 0 Å². The van der Waals surface area contributed by atoms with Crippen molar-refractivity contribution in [1.29, 1.82) is 0 Å². The van der Waals surface area contributed by atoms with Crippen LogP contribution >= 0.6 is 11.5 Å². The predicted molar refractivity (Wildman–Crippen MR) is 46.9 cm³/mol. The highest BCUT2D eigenvalue weighted by atomic mass is 32.1. The third kappa shape index (κ3) is 1.56. The average molecular weight is 196 g/mol. The Hall–Kier alpha value is -1.34. The molecule has 68 valence electrons. The molecule has 2 rings (SSSR count). The minimum Gasteiger partial charge on any atom is -0.318 e. The molecule has 1 atom stereocenters. The summed E-state index contributed by atoms with van der Waals surface area (Å²) in [7, 11) is 1.80. The van der Waals surface area contributed by atoms with Crippen molar-refractivity contribution >= 4 is 11.5 Å². The number of nitrogens with zero attached hydrogens (tertiary/aromatic N) is 5. The molecular weight excluding hydrogens is 188 g/mol. The van der Waals surface area contributed by atoms with Crippen LogP contribution in [0.1, 0.15) is 16.6 Å². The van der Waals surface area contributed by atoms with Gasteiger partial charge in [-0.05, 0) is 11.5 Å². The smallest absolute Gasteiger partial charge is 0.105 e. The van der Waals surface area contributed by atoms with E-state index in [1.807, 2.05) is 0 Å². The van der Waals surface area contributed by atoms with E-state index in [1.54, 1.807) is 24.1 Å². The van der Waals surface area contributed by atoms with Gasteiger partial charge in [-0.2, -0.15) is 0 Å². The Bertz CT molecular complexity index is 379. The number of aryl methyl sites for hydroxylation is 1. The highest BCUT2D eigenvalue weighted by molar-refractivity contribution is 7.05. The van der Waals surface area contributed by atoms with Gasteiger partial charge in [0.15, 0.2) is 0 Å². The number of rotatable bonds is 2. The van der Waals surface area contributed by atoms with Gasteiger partial charge in [0.1, 0.15) is 5.69 Å². The lowest BCUT2D eigenvalue weighted by molar-refractivity contribution is 0.711. The maximum Gasteiger partial charge on any atom is 0.105 e. The maximum atomic E-state index is 5.89. The first kappa shape index (κ1) is 8.27. The molecule has 2 aromatic heterocycles. The molecule has 0 saturated carbocycles. The normalized spacial score (nSPS) is 13.1. The fraction of sp³-hybridized carbons (Fsp3) is 0.333. The van der Waals surface area contributed by atoms with Gasteiger partial charge in [-0.3, -0.25) is 4.68 Å². The molecular formula is C6H8N6S. The molecule has 0 aliphatic carbocycles. The molecule has 2 heterocycles. The second kappa shape index (κ2) is 3.19. The highest BCUT2D eigenvalue weighted by Crippen LogP contribution is 2.18. The van der Waals surface area contributed by atoms with Crippen molar-refractivity contribution < 1.29 is 0 Å². The van der Waals surface area contributed by atoms with Crippen LogP contribution in [-0.4, -0.2) is 24.6 Å². The minimum absolute atomic E-state index is 0.270. The van der Waals surface area contributed by atoms with E-state index in [-0.39, 0.29) is 6.04 Å². The fourth-order valence-corrected chi connectivity index (χ4v) is 1.48. The molecule has 2 aromatic rings. The van der Waals surface area contributed by atoms with E-state index >= 15 is 0 Å². The largest absolute Gasteiger partial charge is 0.318 e. The molecule has 1 unspecified atom stereocenters. The van der Waals surface area contributed by atoms with E-state index in [4.69, 9.17) is 5.73 Å². The van der Waals surface area contributed by atoms with Crippen LogP contribution in [0.4, 0.5) is 0 Å². The zero-order valence-corrected chi connectivity index (χ0v) is 7.77. The predicted octanol–water partition coefficient (Wildman–Crippen LogP) is -0.285. The van der Waals surface area contributed by atoms with Gasteiger partial charge < -0.3 is 5.73 Å². The van der Waals surface area contributed by atoms with Crippen molar-refractivity contribution in [3.63, 3.8) is 0 Å². The van der Waals surface area contributed by atoms with Crippen molar-refractivity contribution in [1.82, 2.24) is 24.6 Å². The number of hydrogen-bond acceptors (Lipinski definition) is 6. The van der Waals surface area contributed by atoms with Crippen LogP contribution in [0, 0.1) is 0 Å². The van der Waals surface area contributed by atoms with E-state index in [1.165, 1.54) is 11.5 Å². The van der Waals surface area contributed by atoms with E-state index < -0.39 is 0 Å². The quantitative estimate of drug-likeness (QED) is 0.714. The van der Waals surface area contributed by atoms with Gasteiger partial charge in [0.05, 0.1) is 23.3 Å². The molecule has 0 spiro atoms. The molecule has 0 aliphatic heterocycles. The molecule has 0 aromatic carbocycles. The lowest BCUT2D eigenvalue weighted by Crippen LogP contribution is -2.10. The Labute approximate surface area is 78.5 Å². The first-order valence-electron chi connectivity index (χ1n) is 3.66. The molecule has 0 fully saturated rings. The number of hydrogen-bond donors (Lipinski definition) is 1. The summed E-state index contributed by atoms with van der Waals surface area (Å²) in [6, 6.07) is -0.270. The summed E-state index contributed by atoms with van der Waals surface area (Å²) in [5.41, 5.74) is 6.62. The number of aromatic nitrogens is 5. The Balaban J connectivity index is 2.28. The average Bonchev–Trinajstić information content (AvgIpc) is 2.72. The van der Waals surface area contributed by atoms with Crippen LogP contribution < -0.4 is 5.73 Å². The van der Waals surface area contributed by atoms with Crippen LogP contribution in [-0.2, 0) is 7.05 Å².